The monoisotopic (exact) mass is 177 g/mol. The average Bonchev–Trinajstić information content (AvgIpc) is 2.51. The molecule has 0 aromatic carbocycles. The van der Waals surface area contributed by atoms with Gasteiger partial charge < -0.3 is 11.1 Å². The Bertz CT molecular complexity index is 419. The number of hydrogen-bond acceptors (Lipinski definition) is 4. The van der Waals surface area contributed by atoms with E-state index in [0.717, 1.165) is 5.82 Å². The molecule has 5 heteroatoms. The van der Waals surface area contributed by atoms with Crippen molar-refractivity contribution in [1.29, 1.82) is 0 Å². The fourth-order valence-electron chi connectivity index (χ4n) is 1.26. The lowest BCUT2D eigenvalue weighted by molar-refractivity contribution is 0.747. The zero-order chi connectivity index (χ0) is 9.26. The van der Waals surface area contributed by atoms with E-state index in [0.29, 0.717) is 17.9 Å². The molecule has 0 aliphatic carbocycles. The number of pyridine rings is 1. The third-order valence-corrected chi connectivity index (χ3v) is 1.87. The molecule has 0 amide bonds. The maximum Gasteiger partial charge on any atom is 0.184 e. The first-order valence-corrected chi connectivity index (χ1v) is 4.05. The van der Waals surface area contributed by atoms with Crippen LogP contribution in [-0.4, -0.2) is 21.6 Å². The Morgan fingerprint density at radius 3 is 3.15 bits per heavy atom. The molecule has 0 saturated heterocycles. The Morgan fingerprint density at radius 1 is 1.54 bits per heavy atom. The van der Waals surface area contributed by atoms with E-state index in [4.69, 9.17) is 5.73 Å². The molecule has 3 N–H and O–H groups in total. The number of hydrogen-bond donors (Lipinski definition) is 2. The molecule has 2 aromatic rings. The van der Waals surface area contributed by atoms with E-state index in [1.165, 1.54) is 0 Å². The van der Waals surface area contributed by atoms with Crippen molar-refractivity contribution in [3.05, 3.63) is 24.2 Å². The fraction of sp³-hybridized carbons (Fsp3) is 0.250. The number of rotatable bonds is 2. The molecule has 5 nitrogen and oxygen atoms in total. The van der Waals surface area contributed by atoms with Gasteiger partial charge in [-0.05, 0) is 19.2 Å². The second kappa shape index (κ2) is 3.02. The summed E-state index contributed by atoms with van der Waals surface area (Å²) < 4.78 is 1.88. The summed E-state index contributed by atoms with van der Waals surface area (Å²) in [6.07, 6.45) is 1.90. The standard InChI is InChI=1S/C8H11N5/c1-10-5-7-11-12-8-6(9)3-2-4-13(7)8/h2-4,10H,5,9H2,1H3. The van der Waals surface area contributed by atoms with E-state index < -0.39 is 0 Å². The third kappa shape index (κ3) is 1.23. The molecular formula is C8H11N5. The van der Waals surface area contributed by atoms with Crippen LogP contribution in [0.1, 0.15) is 5.82 Å². The zero-order valence-corrected chi connectivity index (χ0v) is 7.36. The van der Waals surface area contributed by atoms with Gasteiger partial charge in [0, 0.05) is 6.20 Å². The van der Waals surface area contributed by atoms with Crippen molar-refractivity contribution >= 4 is 11.3 Å². The topological polar surface area (TPSA) is 68.2 Å². The van der Waals surface area contributed by atoms with Gasteiger partial charge in [0.25, 0.3) is 0 Å². The van der Waals surface area contributed by atoms with E-state index in [2.05, 4.69) is 15.5 Å². The largest absolute Gasteiger partial charge is 0.396 e. The summed E-state index contributed by atoms with van der Waals surface area (Å²) in [5.41, 5.74) is 7.09. The number of nitrogens with two attached hydrogens (primary N) is 1. The van der Waals surface area contributed by atoms with Crippen molar-refractivity contribution < 1.29 is 0 Å². The van der Waals surface area contributed by atoms with Crippen LogP contribution >= 0.6 is 0 Å². The normalized spacial score (nSPS) is 10.8. The quantitative estimate of drug-likeness (QED) is 0.679. The van der Waals surface area contributed by atoms with Crippen LogP contribution < -0.4 is 11.1 Å². The minimum atomic E-state index is 0.650. The fourth-order valence-corrected chi connectivity index (χ4v) is 1.26. The second-order valence-corrected chi connectivity index (χ2v) is 2.80. The summed E-state index contributed by atoms with van der Waals surface area (Å²) in [7, 11) is 1.87. The molecule has 0 aliphatic rings. The van der Waals surface area contributed by atoms with Gasteiger partial charge in [-0.15, -0.1) is 10.2 Å². The van der Waals surface area contributed by atoms with Gasteiger partial charge in [0.15, 0.2) is 11.5 Å². The van der Waals surface area contributed by atoms with Crippen molar-refractivity contribution in [2.45, 2.75) is 6.54 Å². The molecule has 0 radical (unpaired) electrons. The maximum atomic E-state index is 5.72. The molecule has 0 aliphatic heterocycles. The minimum absolute atomic E-state index is 0.650. The van der Waals surface area contributed by atoms with Crippen molar-refractivity contribution in [2.24, 2.45) is 0 Å². The van der Waals surface area contributed by atoms with Crippen LogP contribution in [-0.2, 0) is 6.54 Å². The van der Waals surface area contributed by atoms with Crippen LogP contribution in [0.3, 0.4) is 0 Å². The molecule has 0 spiro atoms. The van der Waals surface area contributed by atoms with Crippen LogP contribution in [0.25, 0.3) is 5.65 Å². The zero-order valence-electron chi connectivity index (χ0n) is 7.36. The summed E-state index contributed by atoms with van der Waals surface area (Å²) in [6, 6.07) is 3.69. The number of aromatic nitrogens is 3. The van der Waals surface area contributed by atoms with Crippen molar-refractivity contribution in [2.75, 3.05) is 12.8 Å². The van der Waals surface area contributed by atoms with Crippen LogP contribution in [0, 0.1) is 0 Å². The van der Waals surface area contributed by atoms with Gasteiger partial charge in [0.1, 0.15) is 0 Å². The van der Waals surface area contributed by atoms with E-state index >= 15 is 0 Å². The molecule has 2 rings (SSSR count). The molecule has 0 unspecified atom stereocenters. The molecule has 68 valence electrons. The van der Waals surface area contributed by atoms with Crippen molar-refractivity contribution in [3.8, 4) is 0 Å². The highest BCUT2D eigenvalue weighted by molar-refractivity contribution is 5.63. The van der Waals surface area contributed by atoms with Gasteiger partial charge >= 0.3 is 0 Å². The first-order chi connectivity index (χ1) is 6.33. The molecular weight excluding hydrogens is 166 g/mol. The Labute approximate surface area is 75.6 Å². The van der Waals surface area contributed by atoms with Gasteiger partial charge in [-0.1, -0.05) is 0 Å². The summed E-state index contributed by atoms with van der Waals surface area (Å²) in [5, 5.41) is 11.0. The smallest absolute Gasteiger partial charge is 0.184 e. The second-order valence-electron chi connectivity index (χ2n) is 2.80. The van der Waals surface area contributed by atoms with Crippen LogP contribution in [0.4, 0.5) is 5.69 Å². The molecule has 0 atom stereocenters. The predicted molar refractivity (Wildman–Crippen MR) is 50.2 cm³/mol. The third-order valence-electron chi connectivity index (χ3n) is 1.87. The Kier molecular flexibility index (Phi) is 1.86. The lowest BCUT2D eigenvalue weighted by Gasteiger charge is -1.98. The Balaban J connectivity index is 2.61. The van der Waals surface area contributed by atoms with E-state index in [9.17, 15) is 0 Å². The van der Waals surface area contributed by atoms with E-state index in [-0.39, 0.29) is 0 Å². The summed E-state index contributed by atoms with van der Waals surface area (Å²) in [6.45, 7) is 0.685. The van der Waals surface area contributed by atoms with Gasteiger partial charge in [-0.25, -0.2) is 0 Å². The Hall–Kier alpha value is -1.62. The first-order valence-electron chi connectivity index (χ1n) is 4.05. The highest BCUT2D eigenvalue weighted by Gasteiger charge is 2.05. The number of nitrogens with zero attached hydrogens (tertiary/aromatic N) is 3. The number of nitrogens with one attached hydrogen (secondary N) is 1. The van der Waals surface area contributed by atoms with Crippen molar-refractivity contribution in [3.63, 3.8) is 0 Å². The average molecular weight is 177 g/mol. The van der Waals surface area contributed by atoms with Crippen LogP contribution in [0.2, 0.25) is 0 Å². The Morgan fingerprint density at radius 2 is 2.38 bits per heavy atom. The molecule has 13 heavy (non-hydrogen) atoms. The lowest BCUT2D eigenvalue weighted by Crippen LogP contribution is -2.08. The summed E-state index contributed by atoms with van der Waals surface area (Å²) in [5.74, 6) is 0.866. The molecule has 0 bridgehead atoms. The van der Waals surface area contributed by atoms with Crippen LogP contribution in [0.15, 0.2) is 18.3 Å². The first kappa shape index (κ1) is 8.00. The summed E-state index contributed by atoms with van der Waals surface area (Å²) >= 11 is 0. The number of nitrogen functional groups attached to an aromatic ring is 1. The molecule has 0 fully saturated rings. The molecule has 2 heterocycles. The van der Waals surface area contributed by atoms with E-state index in [1.54, 1.807) is 0 Å². The SMILES string of the molecule is CNCc1nnc2c(N)cccn12. The predicted octanol–water partition coefficient (Wildman–Crippen LogP) is 0.0309. The summed E-state index contributed by atoms with van der Waals surface area (Å²) in [4.78, 5) is 0. The lowest BCUT2D eigenvalue weighted by atomic mass is 10.4. The highest BCUT2D eigenvalue weighted by atomic mass is 15.3. The minimum Gasteiger partial charge on any atom is -0.396 e. The van der Waals surface area contributed by atoms with Crippen molar-refractivity contribution in [1.82, 2.24) is 19.9 Å². The van der Waals surface area contributed by atoms with Gasteiger partial charge in [-0.3, -0.25) is 4.40 Å². The number of anilines is 1. The van der Waals surface area contributed by atoms with Gasteiger partial charge in [0.05, 0.1) is 12.2 Å². The van der Waals surface area contributed by atoms with Gasteiger partial charge in [0.2, 0.25) is 0 Å². The molecule has 2 aromatic heterocycles. The molecule has 0 saturated carbocycles. The van der Waals surface area contributed by atoms with Gasteiger partial charge in [-0.2, -0.15) is 0 Å². The maximum absolute atomic E-state index is 5.72. The van der Waals surface area contributed by atoms with E-state index in [1.807, 2.05) is 29.8 Å². The number of fused-ring (bicyclic) bond motifs is 1. The van der Waals surface area contributed by atoms with Crippen LogP contribution in [0.5, 0.6) is 0 Å². The highest BCUT2D eigenvalue weighted by Crippen LogP contribution is 2.10.